The molecule has 0 saturated carbocycles. The monoisotopic (exact) mass is 472 g/mol. The first-order valence-corrected chi connectivity index (χ1v) is 9.26. The number of guanidine groups is 1. The van der Waals surface area contributed by atoms with Crippen molar-refractivity contribution >= 4 is 41.3 Å². The summed E-state index contributed by atoms with van der Waals surface area (Å²) < 4.78 is 5.73. The van der Waals surface area contributed by atoms with Crippen LogP contribution in [-0.2, 0) is 6.42 Å². The maximum absolute atomic E-state index is 5.73. The van der Waals surface area contributed by atoms with Gasteiger partial charge in [-0.05, 0) is 19.9 Å². The van der Waals surface area contributed by atoms with Crippen molar-refractivity contribution in [2.24, 2.45) is 4.99 Å². The molecule has 1 aliphatic heterocycles. The topological polar surface area (TPSA) is 58.5 Å². The molecule has 0 radical (unpaired) electrons. The minimum absolute atomic E-state index is 0. The molecule has 3 rings (SSSR count). The number of ether oxygens (including phenoxy) is 1. The van der Waals surface area contributed by atoms with E-state index in [-0.39, 0.29) is 30.0 Å². The number of thiazole rings is 1. The number of hydrogen-bond donors (Lipinski definition) is 2. The number of para-hydroxylation sites is 1. The number of fused-ring (bicyclic) bond motifs is 1. The van der Waals surface area contributed by atoms with E-state index in [4.69, 9.17) is 9.73 Å². The summed E-state index contributed by atoms with van der Waals surface area (Å²) in [5, 5.41) is 8.02. The van der Waals surface area contributed by atoms with Gasteiger partial charge in [-0.15, -0.1) is 35.3 Å². The Morgan fingerprint density at radius 2 is 2.24 bits per heavy atom. The Hall–Kier alpha value is -1.35. The van der Waals surface area contributed by atoms with Gasteiger partial charge < -0.3 is 15.4 Å². The van der Waals surface area contributed by atoms with Crippen LogP contribution in [-0.4, -0.2) is 30.6 Å². The number of aromatic nitrogens is 1. The molecule has 1 aliphatic rings. The number of aryl methyl sites for hydroxylation is 1. The second-order valence-electron chi connectivity index (χ2n) is 5.75. The van der Waals surface area contributed by atoms with E-state index in [9.17, 15) is 0 Å². The number of hydrogen-bond acceptors (Lipinski definition) is 4. The quantitative estimate of drug-likeness (QED) is 0.396. The molecule has 5 nitrogen and oxygen atoms in total. The van der Waals surface area contributed by atoms with Crippen molar-refractivity contribution in [1.82, 2.24) is 15.6 Å². The molecule has 0 spiro atoms. The Labute approximate surface area is 170 Å². The first kappa shape index (κ1) is 20.0. The number of aliphatic imine (C=N–C) groups is 1. The Balaban J connectivity index is 0.00000225. The molecule has 2 N–H and O–H groups in total. The highest BCUT2D eigenvalue weighted by molar-refractivity contribution is 14.0. The van der Waals surface area contributed by atoms with Crippen LogP contribution in [0.3, 0.4) is 0 Å². The molecule has 136 valence electrons. The SMILES string of the molecule is CCNC(=NCCc1ncc(C)s1)NC1CCOc2ccccc21.I. The summed E-state index contributed by atoms with van der Waals surface area (Å²) in [5.74, 6) is 1.82. The Morgan fingerprint density at radius 3 is 3.00 bits per heavy atom. The van der Waals surface area contributed by atoms with E-state index in [0.29, 0.717) is 0 Å². The smallest absolute Gasteiger partial charge is 0.191 e. The molecule has 0 bridgehead atoms. The van der Waals surface area contributed by atoms with Crippen LogP contribution in [0.5, 0.6) is 5.75 Å². The zero-order valence-electron chi connectivity index (χ0n) is 14.6. The van der Waals surface area contributed by atoms with Crippen LogP contribution in [0.2, 0.25) is 0 Å². The Morgan fingerprint density at radius 1 is 1.40 bits per heavy atom. The minimum atomic E-state index is 0. The molecule has 7 heteroatoms. The molecular weight excluding hydrogens is 447 g/mol. The van der Waals surface area contributed by atoms with Gasteiger partial charge in [0, 0.05) is 42.6 Å². The van der Waals surface area contributed by atoms with E-state index in [1.165, 1.54) is 10.4 Å². The summed E-state index contributed by atoms with van der Waals surface area (Å²) in [7, 11) is 0. The fourth-order valence-electron chi connectivity index (χ4n) is 2.76. The van der Waals surface area contributed by atoms with E-state index in [1.54, 1.807) is 11.3 Å². The largest absolute Gasteiger partial charge is 0.493 e. The van der Waals surface area contributed by atoms with Crippen molar-refractivity contribution < 1.29 is 4.74 Å². The van der Waals surface area contributed by atoms with Crippen LogP contribution in [0.25, 0.3) is 0 Å². The van der Waals surface area contributed by atoms with Crippen LogP contribution in [0, 0.1) is 6.92 Å². The van der Waals surface area contributed by atoms with Crippen molar-refractivity contribution in [1.29, 1.82) is 0 Å². The van der Waals surface area contributed by atoms with Crippen LogP contribution in [0.4, 0.5) is 0 Å². The summed E-state index contributed by atoms with van der Waals surface area (Å²) in [6, 6.07) is 8.44. The first-order chi connectivity index (χ1) is 11.8. The summed E-state index contributed by atoms with van der Waals surface area (Å²) >= 11 is 1.74. The molecule has 1 aromatic carbocycles. The van der Waals surface area contributed by atoms with Gasteiger partial charge in [0.15, 0.2) is 5.96 Å². The molecular formula is C18H25IN4OS. The van der Waals surface area contributed by atoms with Crippen LogP contribution >= 0.6 is 35.3 Å². The lowest BCUT2D eigenvalue weighted by molar-refractivity contribution is 0.261. The molecule has 1 aromatic heterocycles. The van der Waals surface area contributed by atoms with Crippen LogP contribution < -0.4 is 15.4 Å². The van der Waals surface area contributed by atoms with Gasteiger partial charge in [-0.2, -0.15) is 0 Å². The second kappa shape index (κ2) is 9.96. The Kier molecular flexibility index (Phi) is 7.95. The van der Waals surface area contributed by atoms with Crippen molar-refractivity contribution in [2.45, 2.75) is 32.7 Å². The summed E-state index contributed by atoms with van der Waals surface area (Å²) in [6.45, 7) is 6.46. The third-order valence-corrected chi connectivity index (χ3v) is 4.85. The summed E-state index contributed by atoms with van der Waals surface area (Å²) in [6.07, 6.45) is 3.73. The molecule has 1 atom stereocenters. The molecule has 2 heterocycles. The zero-order chi connectivity index (χ0) is 16.8. The van der Waals surface area contributed by atoms with Gasteiger partial charge in [-0.3, -0.25) is 4.99 Å². The van der Waals surface area contributed by atoms with Crippen molar-refractivity contribution in [3.05, 3.63) is 45.9 Å². The molecule has 0 amide bonds. The number of halogens is 1. The average molecular weight is 472 g/mol. The van der Waals surface area contributed by atoms with Crippen LogP contribution in [0.1, 0.15) is 34.8 Å². The predicted octanol–water partition coefficient (Wildman–Crippen LogP) is 3.69. The van der Waals surface area contributed by atoms with Gasteiger partial charge in [0.2, 0.25) is 0 Å². The van der Waals surface area contributed by atoms with Crippen molar-refractivity contribution in [3.8, 4) is 5.75 Å². The predicted molar refractivity (Wildman–Crippen MR) is 114 cm³/mol. The number of nitrogens with one attached hydrogen (secondary N) is 2. The van der Waals surface area contributed by atoms with E-state index < -0.39 is 0 Å². The number of benzene rings is 1. The lowest BCUT2D eigenvalue weighted by atomic mass is 10.0. The van der Waals surface area contributed by atoms with E-state index >= 15 is 0 Å². The van der Waals surface area contributed by atoms with E-state index in [0.717, 1.165) is 49.3 Å². The lowest BCUT2D eigenvalue weighted by Gasteiger charge is -2.28. The molecule has 0 aliphatic carbocycles. The number of nitrogens with zero attached hydrogens (tertiary/aromatic N) is 2. The van der Waals surface area contributed by atoms with Gasteiger partial charge in [0.25, 0.3) is 0 Å². The highest BCUT2D eigenvalue weighted by Gasteiger charge is 2.21. The summed E-state index contributed by atoms with van der Waals surface area (Å²) in [5.41, 5.74) is 1.20. The summed E-state index contributed by atoms with van der Waals surface area (Å²) in [4.78, 5) is 10.3. The van der Waals surface area contributed by atoms with Crippen molar-refractivity contribution in [3.63, 3.8) is 0 Å². The minimum Gasteiger partial charge on any atom is -0.493 e. The average Bonchev–Trinajstić information content (AvgIpc) is 3.01. The highest BCUT2D eigenvalue weighted by Crippen LogP contribution is 2.31. The number of rotatable bonds is 5. The molecule has 25 heavy (non-hydrogen) atoms. The van der Waals surface area contributed by atoms with Gasteiger partial charge in [0.05, 0.1) is 17.7 Å². The highest BCUT2D eigenvalue weighted by atomic mass is 127. The second-order valence-corrected chi connectivity index (χ2v) is 7.07. The maximum Gasteiger partial charge on any atom is 0.191 e. The van der Waals surface area contributed by atoms with Gasteiger partial charge in [-0.25, -0.2) is 4.98 Å². The zero-order valence-corrected chi connectivity index (χ0v) is 17.8. The third kappa shape index (κ3) is 5.57. The first-order valence-electron chi connectivity index (χ1n) is 8.44. The molecule has 0 fully saturated rings. The van der Waals surface area contributed by atoms with E-state index in [1.807, 2.05) is 18.3 Å². The van der Waals surface area contributed by atoms with E-state index in [2.05, 4.69) is 41.6 Å². The molecule has 0 saturated heterocycles. The normalized spacial score (nSPS) is 16.4. The van der Waals surface area contributed by atoms with Gasteiger partial charge in [-0.1, -0.05) is 18.2 Å². The Bertz CT molecular complexity index is 704. The van der Waals surface area contributed by atoms with Gasteiger partial charge >= 0.3 is 0 Å². The van der Waals surface area contributed by atoms with Gasteiger partial charge in [0.1, 0.15) is 5.75 Å². The molecule has 2 aromatic rings. The van der Waals surface area contributed by atoms with Crippen LogP contribution in [0.15, 0.2) is 35.5 Å². The fraction of sp³-hybridized carbons (Fsp3) is 0.444. The fourth-order valence-corrected chi connectivity index (χ4v) is 3.53. The lowest BCUT2D eigenvalue weighted by Crippen LogP contribution is -2.41. The maximum atomic E-state index is 5.73. The third-order valence-electron chi connectivity index (χ3n) is 3.88. The standard InChI is InChI=1S/C18H24N4OS.HI/c1-3-19-18(20-10-8-17-21-12-13(2)24-17)22-15-9-11-23-16-7-5-4-6-14(15)16;/h4-7,12,15H,3,8-11H2,1-2H3,(H2,19,20,22);1H. The molecule has 1 unspecified atom stereocenters. The van der Waals surface area contributed by atoms with Crippen molar-refractivity contribution in [2.75, 3.05) is 19.7 Å².